The Labute approximate surface area is 203 Å². The van der Waals surface area contributed by atoms with Gasteiger partial charge >= 0.3 is 12.5 Å². The van der Waals surface area contributed by atoms with E-state index in [1.807, 2.05) is 0 Å². The number of benzene rings is 1. The summed E-state index contributed by atoms with van der Waals surface area (Å²) in [5.74, 6) is -0.271. The van der Waals surface area contributed by atoms with Gasteiger partial charge in [0.2, 0.25) is 5.95 Å². The molecule has 35 heavy (non-hydrogen) atoms. The summed E-state index contributed by atoms with van der Waals surface area (Å²) < 4.78 is 48.2. The average Bonchev–Trinajstić information content (AvgIpc) is 3.21. The molecule has 13 heteroatoms. The van der Waals surface area contributed by atoms with Gasteiger partial charge in [0, 0.05) is 35.3 Å². The van der Waals surface area contributed by atoms with E-state index in [-0.39, 0.29) is 27.8 Å². The molecule has 1 aliphatic heterocycles. The van der Waals surface area contributed by atoms with Crippen molar-refractivity contribution < 1.29 is 27.4 Å². The van der Waals surface area contributed by atoms with Gasteiger partial charge in [0.15, 0.2) is 5.75 Å². The summed E-state index contributed by atoms with van der Waals surface area (Å²) in [6, 6.07) is 2.91. The van der Waals surface area contributed by atoms with E-state index in [9.17, 15) is 18.0 Å². The monoisotopic (exact) mass is 512 g/mol. The Hall–Kier alpha value is -3.25. The van der Waals surface area contributed by atoms with Crippen LogP contribution in [0.4, 0.5) is 29.6 Å². The number of hydrogen-bond donors (Lipinski definition) is 4. The summed E-state index contributed by atoms with van der Waals surface area (Å²) in [6.45, 7) is 5.01. The minimum absolute atomic E-state index is 0.00544. The molecular formula is C22H24ClF3N6O3. The molecular weight excluding hydrogens is 489 g/mol. The van der Waals surface area contributed by atoms with Crippen LogP contribution in [0.5, 0.6) is 5.75 Å². The summed E-state index contributed by atoms with van der Waals surface area (Å²) in [5, 5.41) is 9.54. The largest absolute Gasteiger partial charge is 0.573 e. The molecule has 0 unspecified atom stereocenters. The van der Waals surface area contributed by atoms with E-state index < -0.39 is 18.2 Å². The predicted molar refractivity (Wildman–Crippen MR) is 126 cm³/mol. The highest BCUT2D eigenvalue weighted by Gasteiger charge is 2.34. The molecule has 3 heterocycles. The number of carbonyl (C=O) groups is 1. The van der Waals surface area contributed by atoms with Gasteiger partial charge in [0.05, 0.1) is 35.2 Å². The summed E-state index contributed by atoms with van der Waals surface area (Å²) in [5.41, 5.74) is 0.598. The average molecular weight is 513 g/mol. The Morgan fingerprint density at radius 3 is 2.74 bits per heavy atom. The number of carbonyl (C=O) groups excluding carboxylic acids is 1. The van der Waals surface area contributed by atoms with Crippen molar-refractivity contribution >= 4 is 40.2 Å². The molecule has 1 atom stereocenters. The number of halogens is 4. The third-order valence-electron chi connectivity index (χ3n) is 5.73. The van der Waals surface area contributed by atoms with Gasteiger partial charge in [-0.05, 0) is 38.8 Å². The van der Waals surface area contributed by atoms with E-state index in [0.717, 1.165) is 26.5 Å². The molecule has 188 valence electrons. The Balaban J connectivity index is 1.70. The quantitative estimate of drug-likeness (QED) is 0.367. The van der Waals surface area contributed by atoms with E-state index >= 15 is 0 Å². The lowest BCUT2D eigenvalue weighted by Crippen LogP contribution is -2.50. The molecule has 1 aromatic carbocycles. The predicted octanol–water partition coefficient (Wildman–Crippen LogP) is 5.30. The zero-order valence-electron chi connectivity index (χ0n) is 19.1. The standard InChI is InChI=1S/C22H24ClF3N6O3/c1-21(2)7-6-11(8-29-21)30-19-28-10-14(23)16(32-19)13-9-27-17-12(13)4-5-15(31-20(33)34-3)18(17)35-22(24,25)26/h4-5,9-11,27,29H,6-8H2,1-3H3,(H,31,33)(H,28,30,32)/t11-/m0/s1. The molecule has 0 bridgehead atoms. The first-order valence-corrected chi connectivity index (χ1v) is 11.1. The van der Waals surface area contributed by atoms with Gasteiger partial charge in [-0.1, -0.05) is 11.6 Å². The van der Waals surface area contributed by atoms with Crippen LogP contribution in [0.15, 0.2) is 24.5 Å². The molecule has 2 aromatic heterocycles. The number of methoxy groups -OCH3 is 1. The number of alkyl halides is 3. The molecule has 0 radical (unpaired) electrons. The second-order valence-corrected chi connectivity index (χ2v) is 9.17. The van der Waals surface area contributed by atoms with Gasteiger partial charge in [-0.2, -0.15) is 0 Å². The fourth-order valence-electron chi connectivity index (χ4n) is 3.91. The number of aromatic nitrogens is 3. The first kappa shape index (κ1) is 24.9. The molecule has 0 aliphatic carbocycles. The molecule has 4 rings (SSSR count). The lowest BCUT2D eigenvalue weighted by molar-refractivity contribution is -0.273. The number of nitrogens with one attached hydrogen (secondary N) is 4. The number of H-pyrrole nitrogens is 1. The van der Waals surface area contributed by atoms with Gasteiger partial charge in [0.25, 0.3) is 0 Å². The van der Waals surface area contributed by atoms with Crippen LogP contribution in [-0.4, -0.2) is 52.6 Å². The van der Waals surface area contributed by atoms with E-state index in [0.29, 0.717) is 22.6 Å². The van der Waals surface area contributed by atoms with Gasteiger partial charge in [-0.3, -0.25) is 5.32 Å². The highest BCUT2D eigenvalue weighted by Crippen LogP contribution is 2.41. The maximum atomic E-state index is 13.2. The number of amides is 1. The van der Waals surface area contributed by atoms with Crippen LogP contribution in [0.1, 0.15) is 26.7 Å². The number of piperidine rings is 1. The lowest BCUT2D eigenvalue weighted by atomic mass is 9.91. The van der Waals surface area contributed by atoms with Crippen LogP contribution in [0.3, 0.4) is 0 Å². The van der Waals surface area contributed by atoms with E-state index in [1.165, 1.54) is 24.5 Å². The maximum absolute atomic E-state index is 13.2. The molecule has 1 saturated heterocycles. The van der Waals surface area contributed by atoms with E-state index in [4.69, 9.17) is 11.6 Å². The molecule has 9 nitrogen and oxygen atoms in total. The number of fused-ring (bicyclic) bond motifs is 1. The van der Waals surface area contributed by atoms with Crippen molar-refractivity contribution in [1.29, 1.82) is 0 Å². The van der Waals surface area contributed by atoms with Gasteiger partial charge in [0.1, 0.15) is 0 Å². The first-order valence-electron chi connectivity index (χ1n) is 10.7. The van der Waals surface area contributed by atoms with Gasteiger partial charge < -0.3 is 25.1 Å². The van der Waals surface area contributed by atoms with Crippen molar-refractivity contribution in [1.82, 2.24) is 20.3 Å². The van der Waals surface area contributed by atoms with Crippen molar-refractivity contribution in [3.8, 4) is 17.0 Å². The summed E-state index contributed by atoms with van der Waals surface area (Å²) >= 11 is 6.37. The Morgan fingerprint density at radius 2 is 2.09 bits per heavy atom. The number of anilines is 2. The number of hydrogen-bond acceptors (Lipinski definition) is 7. The minimum Gasteiger partial charge on any atom is -0.453 e. The van der Waals surface area contributed by atoms with Crippen molar-refractivity contribution in [3.63, 3.8) is 0 Å². The van der Waals surface area contributed by atoms with E-state index in [1.54, 1.807) is 0 Å². The van der Waals surface area contributed by atoms with Crippen LogP contribution in [-0.2, 0) is 4.74 Å². The van der Waals surface area contributed by atoms with E-state index in [2.05, 4.69) is 54.2 Å². The lowest BCUT2D eigenvalue weighted by Gasteiger charge is -2.36. The Morgan fingerprint density at radius 1 is 1.31 bits per heavy atom. The second kappa shape index (κ2) is 9.42. The highest BCUT2D eigenvalue weighted by atomic mass is 35.5. The Bertz CT molecular complexity index is 1240. The maximum Gasteiger partial charge on any atom is 0.573 e. The smallest absolute Gasteiger partial charge is 0.453 e. The second-order valence-electron chi connectivity index (χ2n) is 8.77. The normalized spacial score (nSPS) is 17.7. The molecule has 1 amide bonds. The first-order chi connectivity index (χ1) is 16.5. The fourth-order valence-corrected chi connectivity index (χ4v) is 4.10. The Kier molecular flexibility index (Phi) is 6.69. The number of rotatable bonds is 5. The highest BCUT2D eigenvalue weighted by molar-refractivity contribution is 6.33. The topological polar surface area (TPSA) is 113 Å². The summed E-state index contributed by atoms with van der Waals surface area (Å²) in [4.78, 5) is 23.2. The summed E-state index contributed by atoms with van der Waals surface area (Å²) in [6.07, 6.45) is -1.15. The van der Waals surface area contributed by atoms with Crippen molar-refractivity contribution in [2.75, 3.05) is 24.3 Å². The molecule has 4 N–H and O–H groups in total. The van der Waals surface area contributed by atoms with Gasteiger partial charge in [-0.25, -0.2) is 14.8 Å². The molecule has 1 fully saturated rings. The molecule has 0 spiro atoms. The third-order valence-corrected chi connectivity index (χ3v) is 6.00. The van der Waals surface area contributed by atoms with Crippen LogP contribution in [0.25, 0.3) is 22.2 Å². The van der Waals surface area contributed by atoms with Crippen molar-refractivity contribution in [2.24, 2.45) is 0 Å². The molecule has 1 aliphatic rings. The molecule has 0 saturated carbocycles. The number of aromatic amines is 1. The summed E-state index contributed by atoms with van der Waals surface area (Å²) in [7, 11) is 1.10. The van der Waals surface area contributed by atoms with Gasteiger partial charge in [-0.15, -0.1) is 13.2 Å². The third kappa shape index (κ3) is 5.70. The number of ether oxygens (including phenoxy) is 2. The number of nitrogens with zero attached hydrogens (tertiary/aromatic N) is 2. The minimum atomic E-state index is -5.00. The molecule has 3 aromatic rings. The zero-order chi connectivity index (χ0) is 25.4. The zero-order valence-corrected chi connectivity index (χ0v) is 19.9. The van der Waals surface area contributed by atoms with Crippen LogP contribution in [0, 0.1) is 0 Å². The van der Waals surface area contributed by atoms with Crippen LogP contribution < -0.4 is 20.7 Å². The van der Waals surface area contributed by atoms with Crippen LogP contribution >= 0.6 is 11.6 Å². The van der Waals surface area contributed by atoms with Crippen molar-refractivity contribution in [3.05, 3.63) is 29.5 Å². The van der Waals surface area contributed by atoms with Crippen LogP contribution in [0.2, 0.25) is 5.02 Å². The fraction of sp³-hybridized carbons (Fsp3) is 0.409. The van der Waals surface area contributed by atoms with Crippen molar-refractivity contribution in [2.45, 2.75) is 44.6 Å². The SMILES string of the molecule is COC(=O)Nc1ccc2c(-c3nc(N[C@H]4CCC(C)(C)NC4)ncc3Cl)c[nH]c2c1OC(F)(F)F.